The highest BCUT2D eigenvalue weighted by atomic mass is 16.1. The summed E-state index contributed by atoms with van der Waals surface area (Å²) in [6.45, 7) is 9.11. The van der Waals surface area contributed by atoms with Gasteiger partial charge >= 0.3 is 0 Å². The molecule has 2 nitrogen and oxygen atoms in total. The van der Waals surface area contributed by atoms with Crippen LogP contribution >= 0.6 is 0 Å². The van der Waals surface area contributed by atoms with Crippen molar-refractivity contribution >= 4 is 5.78 Å². The monoisotopic (exact) mass is 259 g/mol. The number of carbonyl (C=O) groups is 1. The molecule has 1 aliphatic heterocycles. The van der Waals surface area contributed by atoms with Gasteiger partial charge in [0.05, 0.1) is 6.54 Å². The smallest absolute Gasteiger partial charge is 0.177 e. The molecule has 0 amide bonds. The molecule has 104 valence electrons. The van der Waals surface area contributed by atoms with Crippen LogP contribution < -0.4 is 0 Å². The molecule has 0 aliphatic carbocycles. The maximum absolute atomic E-state index is 12.5. The zero-order valence-electron chi connectivity index (χ0n) is 12.6. The van der Waals surface area contributed by atoms with Crippen molar-refractivity contribution in [2.45, 2.75) is 59.0 Å². The number of benzene rings is 1. The van der Waals surface area contributed by atoms with E-state index in [2.05, 4.69) is 24.8 Å². The van der Waals surface area contributed by atoms with Gasteiger partial charge in [-0.25, -0.2) is 0 Å². The average molecular weight is 259 g/mol. The number of Topliss-reactive ketones (excluding diaryl/α,β-unsaturated/α-hetero) is 1. The van der Waals surface area contributed by atoms with Crippen LogP contribution in [-0.2, 0) is 0 Å². The van der Waals surface area contributed by atoms with Crippen molar-refractivity contribution in [2.75, 3.05) is 6.54 Å². The first kappa shape index (κ1) is 14.3. The molecule has 0 saturated carbocycles. The first-order valence-corrected chi connectivity index (χ1v) is 7.35. The molecule has 0 spiro atoms. The number of rotatable bonds is 3. The molecule has 2 atom stereocenters. The van der Waals surface area contributed by atoms with Crippen LogP contribution in [0.2, 0.25) is 0 Å². The van der Waals surface area contributed by atoms with E-state index in [4.69, 9.17) is 0 Å². The topological polar surface area (TPSA) is 20.3 Å². The molecule has 2 heteroatoms. The van der Waals surface area contributed by atoms with Gasteiger partial charge in [0.2, 0.25) is 0 Å². The lowest BCUT2D eigenvalue weighted by molar-refractivity contribution is 0.0733. The molecule has 0 radical (unpaired) electrons. The van der Waals surface area contributed by atoms with E-state index < -0.39 is 0 Å². The number of carbonyl (C=O) groups excluding carboxylic acids is 1. The number of nitrogens with zero attached hydrogens (tertiary/aromatic N) is 1. The maximum atomic E-state index is 12.5. The second-order valence-electron chi connectivity index (χ2n) is 6.04. The number of hydrogen-bond acceptors (Lipinski definition) is 2. The van der Waals surface area contributed by atoms with Crippen molar-refractivity contribution in [3.8, 4) is 0 Å². The normalized spacial score (nSPS) is 24.4. The van der Waals surface area contributed by atoms with Gasteiger partial charge in [0, 0.05) is 17.6 Å². The summed E-state index contributed by atoms with van der Waals surface area (Å²) >= 11 is 0. The number of ketones is 1. The Labute approximate surface area is 116 Å². The van der Waals surface area contributed by atoms with Gasteiger partial charge in [-0.1, -0.05) is 24.1 Å². The van der Waals surface area contributed by atoms with Crippen molar-refractivity contribution in [1.29, 1.82) is 0 Å². The minimum Gasteiger partial charge on any atom is -0.293 e. The third-order valence-corrected chi connectivity index (χ3v) is 4.40. The minimum absolute atomic E-state index is 0.266. The van der Waals surface area contributed by atoms with Gasteiger partial charge in [-0.05, 0) is 52.2 Å². The standard InChI is InChI=1S/C17H25NO/c1-12-8-9-13(2)16(10-12)17(19)11-18-14(3)6-5-7-15(18)4/h8-10,14-15H,5-7,11H2,1-4H3/t14-,15+. The van der Waals surface area contributed by atoms with Crippen LogP contribution in [0.4, 0.5) is 0 Å². The SMILES string of the molecule is Cc1ccc(C)c(C(=O)CN2[C@H](C)CCC[C@@H]2C)c1. The lowest BCUT2D eigenvalue weighted by atomic mass is 9.95. The molecular weight excluding hydrogens is 234 g/mol. The molecule has 0 bridgehead atoms. The Morgan fingerprint density at radius 1 is 1.21 bits per heavy atom. The fourth-order valence-corrected chi connectivity index (χ4v) is 3.07. The molecule has 0 aromatic heterocycles. The van der Waals surface area contributed by atoms with E-state index in [0.29, 0.717) is 18.6 Å². The van der Waals surface area contributed by atoms with Crippen molar-refractivity contribution in [1.82, 2.24) is 4.90 Å². The molecule has 2 rings (SSSR count). The van der Waals surface area contributed by atoms with Crippen LogP contribution in [0.5, 0.6) is 0 Å². The number of hydrogen-bond donors (Lipinski definition) is 0. The van der Waals surface area contributed by atoms with Crippen LogP contribution in [0.1, 0.15) is 54.6 Å². The van der Waals surface area contributed by atoms with Gasteiger partial charge in [0.1, 0.15) is 0 Å². The Morgan fingerprint density at radius 3 is 2.47 bits per heavy atom. The summed E-state index contributed by atoms with van der Waals surface area (Å²) in [6, 6.07) is 7.19. The largest absolute Gasteiger partial charge is 0.293 e. The van der Waals surface area contributed by atoms with Gasteiger partial charge in [-0.15, -0.1) is 0 Å². The predicted octanol–water partition coefficient (Wildman–Crippen LogP) is 3.75. The minimum atomic E-state index is 0.266. The van der Waals surface area contributed by atoms with Gasteiger partial charge < -0.3 is 0 Å². The Kier molecular flexibility index (Phi) is 4.41. The Morgan fingerprint density at radius 2 is 1.84 bits per heavy atom. The molecular formula is C17H25NO. The zero-order valence-corrected chi connectivity index (χ0v) is 12.6. The van der Waals surface area contributed by atoms with E-state index >= 15 is 0 Å². The van der Waals surface area contributed by atoms with E-state index in [0.717, 1.165) is 16.7 Å². The van der Waals surface area contributed by atoms with E-state index in [9.17, 15) is 4.79 Å². The van der Waals surface area contributed by atoms with Crippen molar-refractivity contribution in [3.05, 3.63) is 34.9 Å². The van der Waals surface area contributed by atoms with Crippen molar-refractivity contribution in [3.63, 3.8) is 0 Å². The molecule has 19 heavy (non-hydrogen) atoms. The summed E-state index contributed by atoms with van der Waals surface area (Å²) in [5, 5.41) is 0. The highest BCUT2D eigenvalue weighted by Crippen LogP contribution is 2.23. The first-order valence-electron chi connectivity index (χ1n) is 7.35. The van der Waals surface area contributed by atoms with E-state index in [-0.39, 0.29) is 5.78 Å². The third-order valence-electron chi connectivity index (χ3n) is 4.40. The van der Waals surface area contributed by atoms with Crippen LogP contribution in [0.15, 0.2) is 18.2 Å². The van der Waals surface area contributed by atoms with Gasteiger partial charge in [-0.3, -0.25) is 9.69 Å². The van der Waals surface area contributed by atoms with Crippen molar-refractivity contribution in [2.24, 2.45) is 0 Å². The van der Waals surface area contributed by atoms with Gasteiger partial charge in [-0.2, -0.15) is 0 Å². The lowest BCUT2D eigenvalue weighted by Gasteiger charge is -2.38. The molecule has 0 N–H and O–H groups in total. The van der Waals surface area contributed by atoms with Gasteiger partial charge in [0.15, 0.2) is 5.78 Å². The highest BCUT2D eigenvalue weighted by Gasteiger charge is 2.26. The second-order valence-corrected chi connectivity index (χ2v) is 6.04. The number of likely N-dealkylation sites (tertiary alicyclic amines) is 1. The summed E-state index contributed by atoms with van der Waals surface area (Å²) in [4.78, 5) is 14.9. The Balaban J connectivity index is 2.14. The van der Waals surface area contributed by atoms with Crippen molar-refractivity contribution < 1.29 is 4.79 Å². The first-order chi connectivity index (χ1) is 8.99. The second kappa shape index (κ2) is 5.87. The lowest BCUT2D eigenvalue weighted by Crippen LogP contribution is -2.46. The van der Waals surface area contributed by atoms with E-state index in [1.807, 2.05) is 26.0 Å². The highest BCUT2D eigenvalue weighted by molar-refractivity contribution is 5.99. The van der Waals surface area contributed by atoms with Crippen LogP contribution in [0, 0.1) is 13.8 Å². The third kappa shape index (κ3) is 3.24. The number of aryl methyl sites for hydroxylation is 2. The summed E-state index contributed by atoms with van der Waals surface area (Å²) < 4.78 is 0. The maximum Gasteiger partial charge on any atom is 0.177 e. The van der Waals surface area contributed by atoms with Crippen LogP contribution in [0.25, 0.3) is 0 Å². The number of piperidine rings is 1. The van der Waals surface area contributed by atoms with Crippen LogP contribution in [-0.4, -0.2) is 29.3 Å². The molecule has 1 aromatic carbocycles. The Bertz CT molecular complexity index is 456. The Hall–Kier alpha value is -1.15. The molecule has 1 aromatic rings. The van der Waals surface area contributed by atoms with E-state index in [1.165, 1.54) is 19.3 Å². The zero-order chi connectivity index (χ0) is 14.0. The predicted molar refractivity (Wildman–Crippen MR) is 79.7 cm³/mol. The molecule has 1 aliphatic rings. The van der Waals surface area contributed by atoms with E-state index in [1.54, 1.807) is 0 Å². The summed E-state index contributed by atoms with van der Waals surface area (Å²) in [6.07, 6.45) is 3.71. The average Bonchev–Trinajstić information content (AvgIpc) is 2.37. The molecule has 1 heterocycles. The molecule has 1 fully saturated rings. The summed E-state index contributed by atoms with van der Waals surface area (Å²) in [7, 11) is 0. The fourth-order valence-electron chi connectivity index (χ4n) is 3.07. The van der Waals surface area contributed by atoms with Crippen LogP contribution in [0.3, 0.4) is 0 Å². The quantitative estimate of drug-likeness (QED) is 0.771. The fraction of sp³-hybridized carbons (Fsp3) is 0.588. The summed E-state index contributed by atoms with van der Waals surface area (Å²) in [5.74, 6) is 0.266. The molecule has 0 unspecified atom stereocenters. The molecule has 1 saturated heterocycles. The van der Waals surface area contributed by atoms with Gasteiger partial charge in [0.25, 0.3) is 0 Å². The summed E-state index contributed by atoms with van der Waals surface area (Å²) in [5.41, 5.74) is 3.14.